The van der Waals surface area contributed by atoms with Gasteiger partial charge in [-0.05, 0) is 17.7 Å². The quantitative estimate of drug-likeness (QED) is 0.842. The number of benzene rings is 1. The number of nitrogens with zero attached hydrogens (tertiary/aromatic N) is 1. The van der Waals surface area contributed by atoms with E-state index < -0.39 is 19.1 Å². The summed E-state index contributed by atoms with van der Waals surface area (Å²) in [6, 6.07) is 4.27. The van der Waals surface area contributed by atoms with Crippen LogP contribution in [0.2, 0.25) is 5.02 Å². The van der Waals surface area contributed by atoms with Crippen molar-refractivity contribution in [1.82, 2.24) is 4.90 Å². The van der Waals surface area contributed by atoms with Crippen molar-refractivity contribution >= 4 is 24.0 Å². The predicted molar refractivity (Wildman–Crippen MR) is 61.3 cm³/mol. The maximum atomic E-state index is 12.2. The SMILES string of the molecule is O=Cc1cc(CN(CC(F)F)C(=O)O)ccc1Cl. The standard InChI is InChI=1S/C11H10ClF2NO3/c12-9-2-1-7(3-8(9)6-16)4-15(11(17)18)5-10(13)14/h1-3,6,10H,4-5H2,(H,17,18). The number of halogens is 3. The van der Waals surface area contributed by atoms with Gasteiger partial charge in [-0.15, -0.1) is 0 Å². The topological polar surface area (TPSA) is 57.6 Å². The van der Waals surface area contributed by atoms with Gasteiger partial charge in [0.05, 0.1) is 11.6 Å². The van der Waals surface area contributed by atoms with Gasteiger partial charge in [0, 0.05) is 12.1 Å². The molecular weight excluding hydrogens is 268 g/mol. The monoisotopic (exact) mass is 277 g/mol. The Bertz CT molecular complexity index is 454. The molecule has 98 valence electrons. The average Bonchev–Trinajstić information content (AvgIpc) is 2.29. The Morgan fingerprint density at radius 2 is 2.17 bits per heavy atom. The molecule has 0 aliphatic rings. The molecule has 4 nitrogen and oxygen atoms in total. The lowest BCUT2D eigenvalue weighted by molar-refractivity contribution is 0.0768. The van der Waals surface area contributed by atoms with Crippen molar-refractivity contribution in [3.05, 3.63) is 34.3 Å². The fourth-order valence-corrected chi connectivity index (χ4v) is 1.54. The molecule has 0 unspecified atom stereocenters. The molecule has 0 atom stereocenters. The first kappa shape index (κ1) is 14.4. The highest BCUT2D eigenvalue weighted by atomic mass is 35.5. The number of carbonyl (C=O) groups excluding carboxylic acids is 1. The maximum Gasteiger partial charge on any atom is 0.407 e. The zero-order valence-corrected chi connectivity index (χ0v) is 9.90. The molecule has 0 saturated heterocycles. The lowest BCUT2D eigenvalue weighted by Crippen LogP contribution is -2.33. The van der Waals surface area contributed by atoms with Crippen molar-refractivity contribution in [2.75, 3.05) is 6.54 Å². The Morgan fingerprint density at radius 1 is 1.50 bits per heavy atom. The summed E-state index contributed by atoms with van der Waals surface area (Å²) in [7, 11) is 0. The van der Waals surface area contributed by atoms with Crippen LogP contribution < -0.4 is 0 Å². The minimum atomic E-state index is -2.75. The molecule has 0 aliphatic carbocycles. The van der Waals surface area contributed by atoms with Gasteiger partial charge >= 0.3 is 6.09 Å². The van der Waals surface area contributed by atoms with Crippen LogP contribution in [-0.2, 0) is 6.54 Å². The summed E-state index contributed by atoms with van der Waals surface area (Å²) < 4.78 is 24.4. The van der Waals surface area contributed by atoms with Crippen LogP contribution >= 0.6 is 11.6 Å². The van der Waals surface area contributed by atoms with Crippen LogP contribution in [-0.4, -0.2) is 35.4 Å². The van der Waals surface area contributed by atoms with Crippen LogP contribution in [0.15, 0.2) is 18.2 Å². The Hall–Kier alpha value is -1.69. The molecule has 1 aromatic carbocycles. The van der Waals surface area contributed by atoms with Gasteiger partial charge in [0.15, 0.2) is 6.29 Å². The van der Waals surface area contributed by atoms with E-state index in [9.17, 15) is 18.4 Å². The Balaban J connectivity index is 2.87. The molecule has 7 heteroatoms. The molecule has 0 aromatic heterocycles. The Kier molecular flexibility index (Phi) is 5.03. The normalized spacial score (nSPS) is 10.4. The summed E-state index contributed by atoms with van der Waals surface area (Å²) in [5.74, 6) is 0. The Morgan fingerprint density at radius 3 is 2.67 bits per heavy atom. The number of hydrogen-bond donors (Lipinski definition) is 1. The van der Waals surface area contributed by atoms with Crippen LogP contribution in [0.3, 0.4) is 0 Å². The van der Waals surface area contributed by atoms with Crippen molar-refractivity contribution in [2.24, 2.45) is 0 Å². The molecule has 0 fully saturated rings. The fourth-order valence-electron chi connectivity index (χ4n) is 1.38. The smallest absolute Gasteiger partial charge is 0.407 e. The van der Waals surface area contributed by atoms with Crippen LogP contribution in [0.5, 0.6) is 0 Å². The van der Waals surface area contributed by atoms with E-state index in [1.165, 1.54) is 18.2 Å². The van der Waals surface area contributed by atoms with Gasteiger partial charge in [-0.1, -0.05) is 17.7 Å². The van der Waals surface area contributed by atoms with E-state index in [-0.39, 0.29) is 17.1 Å². The van der Waals surface area contributed by atoms with Gasteiger partial charge < -0.3 is 5.11 Å². The first-order valence-electron chi connectivity index (χ1n) is 4.93. The number of rotatable bonds is 5. The van der Waals surface area contributed by atoms with Gasteiger partial charge in [-0.3, -0.25) is 9.69 Å². The highest BCUT2D eigenvalue weighted by Gasteiger charge is 2.17. The minimum absolute atomic E-state index is 0.191. The van der Waals surface area contributed by atoms with E-state index in [0.29, 0.717) is 16.7 Å². The van der Waals surface area contributed by atoms with Crippen molar-refractivity contribution in [1.29, 1.82) is 0 Å². The predicted octanol–water partition coefficient (Wildman–Crippen LogP) is 2.90. The van der Waals surface area contributed by atoms with Crippen LogP contribution in [0.25, 0.3) is 0 Å². The van der Waals surface area contributed by atoms with Crippen LogP contribution in [0, 0.1) is 0 Å². The number of aldehydes is 1. The third kappa shape index (κ3) is 3.96. The largest absolute Gasteiger partial charge is 0.465 e. The second-order valence-corrected chi connectivity index (χ2v) is 3.94. The average molecular weight is 278 g/mol. The first-order valence-corrected chi connectivity index (χ1v) is 5.31. The maximum absolute atomic E-state index is 12.2. The fraction of sp³-hybridized carbons (Fsp3) is 0.273. The van der Waals surface area contributed by atoms with Crippen molar-refractivity contribution in [2.45, 2.75) is 13.0 Å². The summed E-state index contributed by atoms with van der Waals surface area (Å²) in [6.45, 7) is -1.11. The molecule has 0 aliphatic heterocycles. The van der Waals surface area contributed by atoms with Gasteiger partial charge in [0.2, 0.25) is 0 Å². The molecular formula is C11H10ClF2NO3. The Labute approximate surface area is 107 Å². The van der Waals surface area contributed by atoms with Crippen molar-refractivity contribution in [3.8, 4) is 0 Å². The van der Waals surface area contributed by atoms with Gasteiger partial charge in [0.1, 0.15) is 0 Å². The zero-order valence-electron chi connectivity index (χ0n) is 9.15. The highest BCUT2D eigenvalue weighted by Crippen LogP contribution is 2.17. The van der Waals surface area contributed by atoms with E-state index in [1.807, 2.05) is 0 Å². The van der Waals surface area contributed by atoms with Crippen molar-refractivity contribution in [3.63, 3.8) is 0 Å². The van der Waals surface area contributed by atoms with E-state index >= 15 is 0 Å². The van der Waals surface area contributed by atoms with Crippen LogP contribution in [0.4, 0.5) is 13.6 Å². The first-order chi connectivity index (χ1) is 8.43. The second kappa shape index (κ2) is 6.30. The lowest BCUT2D eigenvalue weighted by Gasteiger charge is -2.18. The number of carbonyl (C=O) groups is 2. The summed E-state index contributed by atoms with van der Waals surface area (Å²) in [6.07, 6.45) is -3.68. The summed E-state index contributed by atoms with van der Waals surface area (Å²) in [4.78, 5) is 22.0. The molecule has 0 radical (unpaired) electrons. The van der Waals surface area contributed by atoms with E-state index in [2.05, 4.69) is 0 Å². The molecule has 0 saturated carbocycles. The molecule has 1 amide bonds. The molecule has 0 heterocycles. The zero-order chi connectivity index (χ0) is 13.7. The molecule has 0 bridgehead atoms. The summed E-state index contributed by atoms with van der Waals surface area (Å²) >= 11 is 5.70. The highest BCUT2D eigenvalue weighted by molar-refractivity contribution is 6.32. The van der Waals surface area contributed by atoms with E-state index in [0.717, 1.165) is 0 Å². The number of alkyl halides is 2. The number of hydrogen-bond acceptors (Lipinski definition) is 2. The summed E-state index contributed by atoms with van der Waals surface area (Å²) in [5, 5.41) is 8.99. The minimum Gasteiger partial charge on any atom is -0.465 e. The van der Waals surface area contributed by atoms with Crippen LogP contribution in [0.1, 0.15) is 15.9 Å². The van der Waals surface area contributed by atoms with Gasteiger partial charge in [0.25, 0.3) is 6.43 Å². The molecule has 1 aromatic rings. The van der Waals surface area contributed by atoms with E-state index in [1.54, 1.807) is 0 Å². The summed E-state index contributed by atoms with van der Waals surface area (Å²) in [5.41, 5.74) is 0.612. The molecule has 1 N–H and O–H groups in total. The lowest BCUT2D eigenvalue weighted by atomic mass is 10.1. The van der Waals surface area contributed by atoms with E-state index in [4.69, 9.17) is 16.7 Å². The molecule has 0 spiro atoms. The molecule has 1 rings (SSSR count). The third-order valence-electron chi connectivity index (χ3n) is 2.19. The van der Waals surface area contributed by atoms with Gasteiger partial charge in [-0.2, -0.15) is 0 Å². The van der Waals surface area contributed by atoms with Crippen molar-refractivity contribution < 1.29 is 23.5 Å². The second-order valence-electron chi connectivity index (χ2n) is 3.53. The number of amides is 1. The number of carboxylic acid groups (broad SMARTS) is 1. The third-order valence-corrected chi connectivity index (χ3v) is 2.53. The molecule has 18 heavy (non-hydrogen) atoms. The van der Waals surface area contributed by atoms with Gasteiger partial charge in [-0.25, -0.2) is 13.6 Å².